The average Bonchev–Trinajstić information content (AvgIpc) is 2.90. The van der Waals surface area contributed by atoms with Gasteiger partial charge in [0.05, 0.1) is 12.3 Å². The number of fused-ring (bicyclic) bond motifs is 1. The molecule has 0 atom stereocenters. The molecular formula is C11H15F3N4OS. The van der Waals surface area contributed by atoms with Gasteiger partial charge in [-0.25, -0.2) is 4.98 Å². The van der Waals surface area contributed by atoms with Crippen molar-refractivity contribution >= 4 is 22.1 Å². The van der Waals surface area contributed by atoms with Crippen LogP contribution in [-0.2, 0) is 6.54 Å². The molecule has 0 aliphatic carbocycles. The van der Waals surface area contributed by atoms with Crippen LogP contribution in [0.4, 0.5) is 19.0 Å². The van der Waals surface area contributed by atoms with Gasteiger partial charge in [-0.3, -0.25) is 4.40 Å². The first-order valence-electron chi connectivity index (χ1n) is 5.98. The highest BCUT2D eigenvalue weighted by Gasteiger charge is 2.32. The molecule has 0 spiro atoms. The van der Waals surface area contributed by atoms with Crippen LogP contribution in [0, 0.1) is 0 Å². The van der Waals surface area contributed by atoms with Gasteiger partial charge in [0.15, 0.2) is 10.8 Å². The fourth-order valence-electron chi connectivity index (χ4n) is 2.00. The molecule has 0 fully saturated rings. The molecule has 2 rings (SSSR count). The van der Waals surface area contributed by atoms with Gasteiger partial charge in [-0.1, -0.05) is 0 Å². The summed E-state index contributed by atoms with van der Waals surface area (Å²) in [6.45, 7) is -1.20. The van der Waals surface area contributed by atoms with E-state index in [0.29, 0.717) is 17.2 Å². The number of alkyl halides is 3. The number of rotatable bonds is 6. The van der Waals surface area contributed by atoms with Crippen LogP contribution in [0.2, 0.25) is 0 Å². The van der Waals surface area contributed by atoms with E-state index in [1.807, 2.05) is 5.38 Å². The maximum absolute atomic E-state index is 12.6. The van der Waals surface area contributed by atoms with E-state index in [9.17, 15) is 13.2 Å². The summed E-state index contributed by atoms with van der Waals surface area (Å²) < 4.78 is 39.7. The minimum absolute atomic E-state index is 0.110. The molecule has 2 aromatic rings. The lowest BCUT2D eigenvalue weighted by atomic mass is 10.3. The van der Waals surface area contributed by atoms with Gasteiger partial charge in [0.1, 0.15) is 6.54 Å². The molecule has 2 heterocycles. The number of nitrogens with zero attached hydrogens (tertiary/aromatic N) is 3. The molecule has 5 nitrogen and oxygen atoms in total. The van der Waals surface area contributed by atoms with E-state index < -0.39 is 12.7 Å². The van der Waals surface area contributed by atoms with Crippen molar-refractivity contribution in [2.24, 2.45) is 0 Å². The van der Waals surface area contributed by atoms with Gasteiger partial charge in [0.25, 0.3) is 0 Å². The molecule has 0 bridgehead atoms. The molecule has 112 valence electrons. The highest BCUT2D eigenvalue weighted by atomic mass is 32.1. The molecule has 0 aliphatic rings. The lowest BCUT2D eigenvalue weighted by Gasteiger charge is -2.24. The highest BCUT2D eigenvalue weighted by molar-refractivity contribution is 7.15. The Hall–Kier alpha value is -1.32. The monoisotopic (exact) mass is 308 g/mol. The summed E-state index contributed by atoms with van der Waals surface area (Å²) in [6, 6.07) is 0. The second-order valence-electron chi connectivity index (χ2n) is 4.23. The quantitative estimate of drug-likeness (QED) is 0.849. The van der Waals surface area contributed by atoms with Crippen LogP contribution in [0.15, 0.2) is 11.6 Å². The van der Waals surface area contributed by atoms with Crippen LogP contribution in [0.5, 0.6) is 0 Å². The number of thiazole rings is 1. The molecule has 20 heavy (non-hydrogen) atoms. The van der Waals surface area contributed by atoms with Crippen molar-refractivity contribution in [3.05, 3.63) is 17.3 Å². The molecule has 0 aromatic carbocycles. The minimum Gasteiger partial charge on any atom is -0.395 e. The number of imidazole rings is 1. The van der Waals surface area contributed by atoms with Crippen molar-refractivity contribution in [1.29, 1.82) is 0 Å². The van der Waals surface area contributed by atoms with E-state index in [-0.39, 0.29) is 19.0 Å². The largest absolute Gasteiger partial charge is 0.405 e. The van der Waals surface area contributed by atoms with E-state index in [2.05, 4.69) is 10.3 Å². The molecule has 2 N–H and O–H groups in total. The lowest BCUT2D eigenvalue weighted by molar-refractivity contribution is -0.120. The molecule has 0 amide bonds. The van der Waals surface area contributed by atoms with E-state index in [1.54, 1.807) is 17.6 Å². The van der Waals surface area contributed by atoms with Crippen LogP contribution >= 0.6 is 11.3 Å². The second kappa shape index (κ2) is 5.98. The molecule has 2 aromatic heterocycles. The fraction of sp³-hybridized carbons (Fsp3) is 0.545. The highest BCUT2D eigenvalue weighted by Crippen LogP contribution is 2.27. The summed E-state index contributed by atoms with van der Waals surface area (Å²) in [5.41, 5.74) is 0.654. The summed E-state index contributed by atoms with van der Waals surface area (Å²) in [7, 11) is 1.72. The number of hydrogen-bond donors (Lipinski definition) is 2. The first kappa shape index (κ1) is 15.1. The van der Waals surface area contributed by atoms with Crippen LogP contribution in [0.25, 0.3) is 4.96 Å². The first-order chi connectivity index (χ1) is 9.46. The van der Waals surface area contributed by atoms with Crippen LogP contribution in [0.3, 0.4) is 0 Å². The topological polar surface area (TPSA) is 52.8 Å². The Morgan fingerprint density at radius 2 is 2.25 bits per heavy atom. The van der Waals surface area contributed by atoms with Gasteiger partial charge < -0.3 is 15.3 Å². The van der Waals surface area contributed by atoms with Crippen molar-refractivity contribution in [1.82, 2.24) is 14.7 Å². The summed E-state index contributed by atoms with van der Waals surface area (Å²) in [5, 5.41) is 13.7. The number of halogens is 3. The van der Waals surface area contributed by atoms with Crippen molar-refractivity contribution in [3.63, 3.8) is 0 Å². The smallest absolute Gasteiger partial charge is 0.395 e. The summed E-state index contributed by atoms with van der Waals surface area (Å²) in [5.74, 6) is 0.262. The number of aliphatic hydroxyl groups is 1. The van der Waals surface area contributed by atoms with Crippen molar-refractivity contribution in [2.75, 3.05) is 31.6 Å². The summed E-state index contributed by atoms with van der Waals surface area (Å²) in [4.78, 5) is 5.95. The number of aliphatic hydroxyl groups excluding tert-OH is 1. The molecule has 0 unspecified atom stereocenters. The van der Waals surface area contributed by atoms with Crippen molar-refractivity contribution in [2.45, 2.75) is 12.7 Å². The number of nitrogens with one attached hydrogen (secondary N) is 1. The zero-order chi connectivity index (χ0) is 14.8. The lowest BCUT2D eigenvalue weighted by Crippen LogP contribution is -2.37. The van der Waals surface area contributed by atoms with Gasteiger partial charge in [-0.15, -0.1) is 11.3 Å². The van der Waals surface area contributed by atoms with E-state index >= 15 is 0 Å². The number of anilines is 1. The normalized spacial score (nSPS) is 12.2. The molecule has 0 saturated heterocycles. The molecule has 0 saturated carbocycles. The van der Waals surface area contributed by atoms with E-state index in [4.69, 9.17) is 5.11 Å². The SMILES string of the molecule is CNCc1c(N(CCO)CC(F)(F)F)nc2sccn12. The summed E-state index contributed by atoms with van der Waals surface area (Å²) in [6.07, 6.45) is -2.57. The third-order valence-electron chi connectivity index (χ3n) is 2.72. The van der Waals surface area contributed by atoms with E-state index in [1.165, 1.54) is 11.3 Å². The first-order valence-corrected chi connectivity index (χ1v) is 6.86. The third-order valence-corrected chi connectivity index (χ3v) is 3.48. The minimum atomic E-state index is -4.34. The molecular weight excluding hydrogens is 293 g/mol. The predicted octanol–water partition coefficient (Wildman–Crippen LogP) is 1.48. The number of aromatic nitrogens is 2. The van der Waals surface area contributed by atoms with Crippen LogP contribution < -0.4 is 10.2 Å². The van der Waals surface area contributed by atoms with Gasteiger partial charge >= 0.3 is 6.18 Å². The maximum atomic E-state index is 12.6. The fourth-order valence-corrected chi connectivity index (χ4v) is 2.73. The van der Waals surface area contributed by atoms with Gasteiger partial charge in [-0.05, 0) is 7.05 Å². The Bertz CT molecular complexity index is 566. The average molecular weight is 308 g/mol. The molecule has 9 heteroatoms. The van der Waals surface area contributed by atoms with E-state index in [0.717, 1.165) is 4.90 Å². The Balaban J connectivity index is 2.40. The zero-order valence-corrected chi connectivity index (χ0v) is 11.6. The van der Waals surface area contributed by atoms with Gasteiger partial charge in [-0.2, -0.15) is 13.2 Å². The molecule has 0 aliphatic heterocycles. The second-order valence-corrected chi connectivity index (χ2v) is 5.10. The third kappa shape index (κ3) is 3.22. The Morgan fingerprint density at radius 3 is 2.85 bits per heavy atom. The van der Waals surface area contributed by atoms with Crippen LogP contribution in [0.1, 0.15) is 5.69 Å². The van der Waals surface area contributed by atoms with Gasteiger partial charge in [0.2, 0.25) is 0 Å². The number of hydrogen-bond acceptors (Lipinski definition) is 5. The van der Waals surface area contributed by atoms with Crippen LogP contribution in [-0.4, -0.2) is 47.4 Å². The van der Waals surface area contributed by atoms with Crippen molar-refractivity contribution < 1.29 is 18.3 Å². The maximum Gasteiger partial charge on any atom is 0.405 e. The Kier molecular flexibility index (Phi) is 4.51. The summed E-state index contributed by atoms with van der Waals surface area (Å²) >= 11 is 1.36. The molecule has 0 radical (unpaired) electrons. The Morgan fingerprint density at radius 1 is 1.50 bits per heavy atom. The zero-order valence-electron chi connectivity index (χ0n) is 10.8. The Labute approximate surface area is 117 Å². The standard InChI is InChI=1S/C11H15F3N4OS/c1-15-6-8-9(16-10-18(8)3-5-20-10)17(2-4-19)7-11(12,13)14/h3,5,15,19H,2,4,6-7H2,1H3. The van der Waals surface area contributed by atoms with Gasteiger partial charge in [0, 0.05) is 24.7 Å². The predicted molar refractivity (Wildman–Crippen MR) is 71.2 cm³/mol. The van der Waals surface area contributed by atoms with Crippen molar-refractivity contribution in [3.8, 4) is 0 Å².